The van der Waals surface area contributed by atoms with Crippen LogP contribution in [0.2, 0.25) is 0 Å². The van der Waals surface area contributed by atoms with Crippen molar-refractivity contribution in [3.63, 3.8) is 0 Å². The number of fused-ring (bicyclic) bond motifs is 1. The molecule has 3 aromatic rings. The van der Waals surface area contributed by atoms with Crippen molar-refractivity contribution in [3.05, 3.63) is 77.9 Å². The van der Waals surface area contributed by atoms with E-state index in [1.807, 2.05) is 60.7 Å². The van der Waals surface area contributed by atoms with Crippen LogP contribution in [0.15, 0.2) is 66.7 Å². The number of benzene rings is 3. The second-order valence-corrected chi connectivity index (χ2v) is 7.01. The Morgan fingerprint density at radius 3 is 2.57 bits per heavy atom. The summed E-state index contributed by atoms with van der Waals surface area (Å²) in [5.41, 5.74) is 8.00. The third-order valence-electron chi connectivity index (χ3n) is 5.20. The van der Waals surface area contributed by atoms with Crippen molar-refractivity contribution in [2.24, 2.45) is 0 Å². The Bertz CT molecular complexity index is 1020. The molecule has 1 amide bonds. The summed E-state index contributed by atoms with van der Waals surface area (Å²) >= 11 is 0. The summed E-state index contributed by atoms with van der Waals surface area (Å²) in [6, 6.07) is 20.3. The molecule has 0 saturated carbocycles. The van der Waals surface area contributed by atoms with Crippen LogP contribution in [0, 0.1) is 0 Å². The molecule has 0 radical (unpaired) electrons. The predicted octanol–water partition coefficient (Wildman–Crippen LogP) is 4.41. The lowest BCUT2D eigenvalue weighted by Gasteiger charge is -2.24. The molecule has 4 rings (SSSR count). The van der Waals surface area contributed by atoms with Crippen molar-refractivity contribution in [3.8, 4) is 0 Å². The summed E-state index contributed by atoms with van der Waals surface area (Å²) in [6.45, 7) is 0.697. The number of nitrogens with zero attached hydrogens (tertiary/aromatic N) is 1. The predicted molar refractivity (Wildman–Crippen MR) is 109 cm³/mol. The first-order valence-corrected chi connectivity index (χ1v) is 9.44. The van der Waals surface area contributed by atoms with Gasteiger partial charge in [-0.25, -0.2) is 4.79 Å². The number of amides is 1. The minimum Gasteiger partial charge on any atom is -0.445 e. The SMILES string of the molecule is Nc1ccc2ccccc2c1C(=O)[C@@H]1CCCN1C(=O)OCc1ccccc1. The lowest BCUT2D eigenvalue weighted by Crippen LogP contribution is -2.41. The van der Waals surface area contributed by atoms with E-state index in [-0.39, 0.29) is 12.4 Å². The standard InChI is InChI=1S/C23H22N2O3/c24-19-13-12-17-9-4-5-10-18(17)21(19)22(26)20-11-6-14-25(20)23(27)28-15-16-7-2-1-3-8-16/h1-5,7-10,12-13,20H,6,11,14-15,24H2/t20-/m0/s1. The molecule has 1 saturated heterocycles. The number of hydrogen-bond acceptors (Lipinski definition) is 4. The number of Topliss-reactive ketones (excluding diaryl/α,β-unsaturated/α-hetero) is 1. The molecule has 1 atom stereocenters. The highest BCUT2D eigenvalue weighted by molar-refractivity contribution is 6.15. The second kappa shape index (κ2) is 7.72. The van der Waals surface area contributed by atoms with E-state index in [1.54, 1.807) is 6.07 Å². The van der Waals surface area contributed by atoms with Crippen LogP contribution in [-0.2, 0) is 11.3 Å². The summed E-state index contributed by atoms with van der Waals surface area (Å²) < 4.78 is 5.45. The summed E-state index contributed by atoms with van der Waals surface area (Å²) in [6.07, 6.45) is 0.919. The van der Waals surface area contributed by atoms with Gasteiger partial charge in [0, 0.05) is 12.2 Å². The molecule has 1 fully saturated rings. The highest BCUT2D eigenvalue weighted by atomic mass is 16.6. The fraction of sp³-hybridized carbons (Fsp3) is 0.217. The van der Waals surface area contributed by atoms with Crippen LogP contribution in [0.1, 0.15) is 28.8 Å². The maximum atomic E-state index is 13.3. The minimum atomic E-state index is -0.545. The number of carbonyl (C=O) groups excluding carboxylic acids is 2. The van der Waals surface area contributed by atoms with Crippen LogP contribution in [0.5, 0.6) is 0 Å². The average Bonchev–Trinajstić information content (AvgIpc) is 3.22. The summed E-state index contributed by atoms with van der Waals surface area (Å²) in [5, 5.41) is 1.77. The van der Waals surface area contributed by atoms with Gasteiger partial charge in [0.2, 0.25) is 0 Å². The summed E-state index contributed by atoms with van der Waals surface area (Å²) in [7, 11) is 0. The van der Waals surface area contributed by atoms with E-state index in [2.05, 4.69) is 0 Å². The van der Waals surface area contributed by atoms with Crippen molar-refractivity contribution in [1.29, 1.82) is 0 Å². The Hall–Kier alpha value is -3.34. The Balaban J connectivity index is 1.56. The molecule has 1 aliphatic heterocycles. The van der Waals surface area contributed by atoms with E-state index in [9.17, 15) is 9.59 Å². The fourth-order valence-electron chi connectivity index (χ4n) is 3.79. The molecule has 3 aromatic carbocycles. The number of carbonyl (C=O) groups is 2. The van der Waals surface area contributed by atoms with Crippen molar-refractivity contribution >= 4 is 28.3 Å². The molecule has 5 heteroatoms. The molecule has 0 unspecified atom stereocenters. The van der Waals surface area contributed by atoms with E-state index >= 15 is 0 Å². The Labute approximate surface area is 163 Å². The van der Waals surface area contributed by atoms with Gasteiger partial charge in [-0.2, -0.15) is 0 Å². The smallest absolute Gasteiger partial charge is 0.410 e. The van der Waals surface area contributed by atoms with Crippen LogP contribution in [-0.4, -0.2) is 29.4 Å². The van der Waals surface area contributed by atoms with Crippen molar-refractivity contribution in [2.75, 3.05) is 12.3 Å². The number of hydrogen-bond donors (Lipinski definition) is 1. The molecule has 0 bridgehead atoms. The van der Waals surface area contributed by atoms with Crippen LogP contribution in [0.4, 0.5) is 10.5 Å². The van der Waals surface area contributed by atoms with E-state index in [1.165, 1.54) is 4.90 Å². The highest BCUT2D eigenvalue weighted by Gasteiger charge is 2.36. The molecule has 0 aromatic heterocycles. The largest absolute Gasteiger partial charge is 0.445 e. The average molecular weight is 374 g/mol. The van der Waals surface area contributed by atoms with Gasteiger partial charge in [0.15, 0.2) is 5.78 Å². The van der Waals surface area contributed by atoms with Gasteiger partial charge in [-0.3, -0.25) is 9.69 Å². The highest BCUT2D eigenvalue weighted by Crippen LogP contribution is 2.30. The van der Waals surface area contributed by atoms with Gasteiger partial charge in [0.1, 0.15) is 6.61 Å². The molecule has 0 spiro atoms. The summed E-state index contributed by atoms with van der Waals surface area (Å²) in [4.78, 5) is 27.5. The van der Waals surface area contributed by atoms with Gasteiger partial charge in [-0.1, -0.05) is 60.7 Å². The van der Waals surface area contributed by atoms with Crippen molar-refractivity contribution in [2.45, 2.75) is 25.5 Å². The maximum Gasteiger partial charge on any atom is 0.410 e. The number of anilines is 1. The van der Waals surface area contributed by atoms with Crippen LogP contribution >= 0.6 is 0 Å². The molecular weight excluding hydrogens is 352 g/mol. The lowest BCUT2D eigenvalue weighted by atomic mass is 9.95. The van der Waals surface area contributed by atoms with Gasteiger partial charge in [-0.15, -0.1) is 0 Å². The number of nitrogen functional groups attached to an aromatic ring is 1. The first-order chi connectivity index (χ1) is 13.6. The molecule has 5 nitrogen and oxygen atoms in total. The molecule has 28 heavy (non-hydrogen) atoms. The van der Waals surface area contributed by atoms with Crippen molar-refractivity contribution in [1.82, 2.24) is 4.90 Å². The molecular formula is C23H22N2O3. The summed E-state index contributed by atoms with van der Waals surface area (Å²) in [5.74, 6) is -0.122. The number of rotatable bonds is 4. The first-order valence-electron chi connectivity index (χ1n) is 9.44. The van der Waals surface area contributed by atoms with E-state index in [4.69, 9.17) is 10.5 Å². The molecule has 1 aliphatic rings. The molecule has 142 valence electrons. The van der Waals surface area contributed by atoms with E-state index in [0.29, 0.717) is 24.2 Å². The van der Waals surface area contributed by atoms with Crippen molar-refractivity contribution < 1.29 is 14.3 Å². The fourth-order valence-corrected chi connectivity index (χ4v) is 3.79. The van der Waals surface area contributed by atoms with E-state index < -0.39 is 12.1 Å². The first kappa shape index (κ1) is 18.0. The van der Waals surface area contributed by atoms with Crippen LogP contribution in [0.3, 0.4) is 0 Å². The number of ether oxygens (including phenoxy) is 1. The lowest BCUT2D eigenvalue weighted by molar-refractivity contribution is 0.0740. The molecule has 1 heterocycles. The zero-order chi connectivity index (χ0) is 19.5. The number of ketones is 1. The second-order valence-electron chi connectivity index (χ2n) is 7.01. The normalized spacial score (nSPS) is 16.3. The zero-order valence-electron chi connectivity index (χ0n) is 15.5. The number of likely N-dealkylation sites (tertiary alicyclic amines) is 1. The monoisotopic (exact) mass is 374 g/mol. The van der Waals surface area contributed by atoms with Gasteiger partial charge in [0.05, 0.1) is 11.6 Å². The van der Waals surface area contributed by atoms with Gasteiger partial charge in [-0.05, 0) is 35.2 Å². The number of nitrogens with two attached hydrogens (primary N) is 1. The molecule has 0 aliphatic carbocycles. The van der Waals surface area contributed by atoms with Crippen LogP contribution < -0.4 is 5.73 Å². The van der Waals surface area contributed by atoms with Gasteiger partial charge >= 0.3 is 6.09 Å². The maximum absolute atomic E-state index is 13.3. The zero-order valence-corrected chi connectivity index (χ0v) is 15.5. The minimum absolute atomic E-state index is 0.122. The Morgan fingerprint density at radius 2 is 1.75 bits per heavy atom. The van der Waals surface area contributed by atoms with Gasteiger partial charge in [0.25, 0.3) is 0 Å². The molecule has 2 N–H and O–H groups in total. The third kappa shape index (κ3) is 3.43. The Morgan fingerprint density at radius 1 is 1.00 bits per heavy atom. The van der Waals surface area contributed by atoms with E-state index in [0.717, 1.165) is 22.8 Å². The van der Waals surface area contributed by atoms with Crippen LogP contribution in [0.25, 0.3) is 10.8 Å². The topological polar surface area (TPSA) is 72.6 Å². The third-order valence-corrected chi connectivity index (χ3v) is 5.20. The Kier molecular flexibility index (Phi) is 4.98. The van der Waals surface area contributed by atoms with Gasteiger partial charge < -0.3 is 10.5 Å². The quantitative estimate of drug-likeness (QED) is 0.542.